The van der Waals surface area contributed by atoms with E-state index in [9.17, 15) is 14.0 Å². The Balaban J connectivity index is 1.44. The van der Waals surface area contributed by atoms with E-state index in [0.717, 1.165) is 43.2 Å². The summed E-state index contributed by atoms with van der Waals surface area (Å²) in [5.41, 5.74) is 3.33. The van der Waals surface area contributed by atoms with Crippen LogP contribution >= 0.6 is 0 Å². The van der Waals surface area contributed by atoms with Gasteiger partial charge in [0.2, 0.25) is 17.6 Å². The standard InChI is InChI=1S/C30H32FN7O2/c1-20-8-5-6-13-26(20)28(30(40)33-24-10-3-2-4-11-24)38(25-12-7-9-22(31)18-25)27(39)19-32-23-16-14-21(15-17-23)29-34-36-37-35-29/h5-9,12-18,24,28,32H,2-4,10-11,19H2,1H3,(H,33,40)(H,34,35,36,37). The van der Waals surface area contributed by atoms with Gasteiger partial charge in [0.25, 0.3) is 0 Å². The second-order valence-electron chi connectivity index (χ2n) is 10.0. The minimum Gasteiger partial charge on any atom is -0.376 e. The van der Waals surface area contributed by atoms with Crippen LogP contribution in [0.1, 0.15) is 49.3 Å². The molecule has 0 bridgehead atoms. The van der Waals surface area contributed by atoms with Crippen molar-refractivity contribution < 1.29 is 14.0 Å². The van der Waals surface area contributed by atoms with Gasteiger partial charge in [0, 0.05) is 23.0 Å². The first-order chi connectivity index (χ1) is 19.5. The molecule has 1 saturated carbocycles. The van der Waals surface area contributed by atoms with Crippen LogP contribution in [-0.4, -0.2) is 45.0 Å². The summed E-state index contributed by atoms with van der Waals surface area (Å²) in [5.74, 6) is -0.676. The molecule has 10 heteroatoms. The van der Waals surface area contributed by atoms with Crippen LogP contribution < -0.4 is 15.5 Å². The maximum atomic E-state index is 14.4. The van der Waals surface area contributed by atoms with Crippen LogP contribution in [0.3, 0.4) is 0 Å². The third kappa shape index (κ3) is 6.33. The smallest absolute Gasteiger partial charge is 0.248 e. The first-order valence-electron chi connectivity index (χ1n) is 13.5. The van der Waals surface area contributed by atoms with Crippen LogP contribution in [0.15, 0.2) is 72.8 Å². The zero-order valence-electron chi connectivity index (χ0n) is 22.3. The van der Waals surface area contributed by atoms with Gasteiger partial charge in [-0.15, -0.1) is 10.2 Å². The average molecular weight is 542 g/mol. The number of amides is 2. The molecule has 2 amide bonds. The fraction of sp³-hybridized carbons (Fsp3) is 0.300. The number of halogens is 1. The molecule has 3 aromatic carbocycles. The van der Waals surface area contributed by atoms with Crippen LogP contribution in [0, 0.1) is 12.7 Å². The highest BCUT2D eigenvalue weighted by molar-refractivity contribution is 6.03. The first kappa shape index (κ1) is 27.0. The molecule has 1 aliphatic rings. The summed E-state index contributed by atoms with van der Waals surface area (Å²) in [6.45, 7) is 1.80. The van der Waals surface area contributed by atoms with Crippen molar-refractivity contribution >= 4 is 23.2 Å². The summed E-state index contributed by atoms with van der Waals surface area (Å²) < 4.78 is 14.4. The molecule has 40 heavy (non-hydrogen) atoms. The normalized spacial score (nSPS) is 14.3. The molecular formula is C30H32FN7O2. The fourth-order valence-corrected chi connectivity index (χ4v) is 5.17. The molecule has 1 unspecified atom stereocenters. The predicted molar refractivity (Wildman–Crippen MR) is 151 cm³/mol. The summed E-state index contributed by atoms with van der Waals surface area (Å²) in [4.78, 5) is 29.3. The number of rotatable bonds is 9. The Bertz CT molecular complexity index is 1440. The monoisotopic (exact) mass is 541 g/mol. The minimum absolute atomic E-state index is 0.0491. The number of nitrogens with one attached hydrogen (secondary N) is 3. The van der Waals surface area contributed by atoms with Crippen molar-refractivity contribution in [3.63, 3.8) is 0 Å². The SMILES string of the molecule is Cc1ccccc1C(C(=O)NC1CCCCC1)N(C(=O)CNc1ccc(-c2nn[nH]n2)cc1)c1cccc(F)c1. The number of carbonyl (C=O) groups excluding carboxylic acids is 2. The number of aromatic nitrogens is 4. The Hall–Kier alpha value is -4.60. The van der Waals surface area contributed by atoms with E-state index >= 15 is 0 Å². The van der Waals surface area contributed by atoms with Gasteiger partial charge in [-0.25, -0.2) is 4.39 Å². The molecule has 206 valence electrons. The van der Waals surface area contributed by atoms with Crippen molar-refractivity contribution in [2.75, 3.05) is 16.8 Å². The topological polar surface area (TPSA) is 116 Å². The molecule has 4 aromatic rings. The zero-order valence-corrected chi connectivity index (χ0v) is 22.3. The number of anilines is 2. The minimum atomic E-state index is -0.972. The van der Waals surface area contributed by atoms with Gasteiger partial charge in [-0.05, 0) is 78.6 Å². The molecule has 5 rings (SSSR count). The summed E-state index contributed by atoms with van der Waals surface area (Å²) in [5, 5.41) is 20.3. The highest BCUT2D eigenvalue weighted by Gasteiger charge is 2.35. The van der Waals surface area contributed by atoms with Gasteiger partial charge in [-0.2, -0.15) is 5.21 Å². The number of hydrogen-bond acceptors (Lipinski definition) is 6. The number of benzene rings is 3. The Labute approximate surface area is 232 Å². The van der Waals surface area contributed by atoms with E-state index in [-0.39, 0.29) is 24.4 Å². The number of aryl methyl sites for hydroxylation is 1. The van der Waals surface area contributed by atoms with Crippen molar-refractivity contribution in [3.8, 4) is 11.4 Å². The molecule has 1 aromatic heterocycles. The Morgan fingerprint density at radius 2 is 1.80 bits per heavy atom. The molecule has 0 radical (unpaired) electrons. The number of H-pyrrole nitrogens is 1. The number of aromatic amines is 1. The number of carbonyl (C=O) groups is 2. The number of tetrazole rings is 1. The van der Waals surface area contributed by atoms with Gasteiger partial charge < -0.3 is 10.6 Å². The third-order valence-corrected chi connectivity index (χ3v) is 7.23. The highest BCUT2D eigenvalue weighted by Crippen LogP contribution is 2.31. The van der Waals surface area contributed by atoms with Gasteiger partial charge in [-0.3, -0.25) is 14.5 Å². The van der Waals surface area contributed by atoms with Crippen molar-refractivity contribution in [1.82, 2.24) is 25.9 Å². The van der Waals surface area contributed by atoms with E-state index in [0.29, 0.717) is 22.8 Å². The van der Waals surface area contributed by atoms with E-state index in [4.69, 9.17) is 0 Å². The summed E-state index contributed by atoms with van der Waals surface area (Å²) in [6.07, 6.45) is 5.08. The molecule has 3 N–H and O–H groups in total. The lowest BCUT2D eigenvalue weighted by Gasteiger charge is -2.34. The Morgan fingerprint density at radius 3 is 2.50 bits per heavy atom. The maximum Gasteiger partial charge on any atom is 0.248 e. The van der Waals surface area contributed by atoms with Gasteiger partial charge in [-0.1, -0.05) is 49.6 Å². The molecule has 0 saturated heterocycles. The molecule has 1 atom stereocenters. The van der Waals surface area contributed by atoms with Crippen molar-refractivity contribution in [3.05, 3.63) is 89.7 Å². The number of nitrogens with zero attached hydrogens (tertiary/aromatic N) is 4. The fourth-order valence-electron chi connectivity index (χ4n) is 5.17. The second kappa shape index (κ2) is 12.5. The second-order valence-corrected chi connectivity index (χ2v) is 10.0. The van der Waals surface area contributed by atoms with E-state index < -0.39 is 11.9 Å². The molecule has 1 heterocycles. The summed E-state index contributed by atoms with van der Waals surface area (Å²) in [6, 6.07) is 19.6. The quantitative estimate of drug-likeness (QED) is 0.276. The largest absolute Gasteiger partial charge is 0.376 e. The van der Waals surface area contributed by atoms with E-state index in [1.54, 1.807) is 24.3 Å². The van der Waals surface area contributed by atoms with Gasteiger partial charge in [0.15, 0.2) is 0 Å². The van der Waals surface area contributed by atoms with E-state index in [1.165, 1.54) is 17.0 Å². The summed E-state index contributed by atoms with van der Waals surface area (Å²) >= 11 is 0. The van der Waals surface area contributed by atoms with Gasteiger partial charge in [0.1, 0.15) is 11.9 Å². The molecule has 0 spiro atoms. The molecule has 1 aliphatic carbocycles. The molecule has 1 fully saturated rings. The van der Waals surface area contributed by atoms with E-state index in [2.05, 4.69) is 31.3 Å². The lowest BCUT2D eigenvalue weighted by atomic mass is 9.93. The van der Waals surface area contributed by atoms with Crippen LogP contribution in [0.5, 0.6) is 0 Å². The molecule has 0 aliphatic heterocycles. The van der Waals surface area contributed by atoms with Crippen molar-refractivity contribution in [2.45, 2.75) is 51.1 Å². The summed E-state index contributed by atoms with van der Waals surface area (Å²) in [7, 11) is 0. The van der Waals surface area contributed by atoms with Crippen LogP contribution in [0.2, 0.25) is 0 Å². The van der Waals surface area contributed by atoms with Gasteiger partial charge >= 0.3 is 0 Å². The predicted octanol–water partition coefficient (Wildman–Crippen LogP) is 4.95. The highest BCUT2D eigenvalue weighted by atomic mass is 19.1. The zero-order chi connectivity index (χ0) is 27.9. The maximum absolute atomic E-state index is 14.4. The average Bonchev–Trinajstić information content (AvgIpc) is 3.51. The van der Waals surface area contributed by atoms with E-state index in [1.807, 2.05) is 43.3 Å². The first-order valence-corrected chi connectivity index (χ1v) is 13.5. The Morgan fingerprint density at radius 1 is 1.02 bits per heavy atom. The molecular weight excluding hydrogens is 509 g/mol. The van der Waals surface area contributed by atoms with Gasteiger partial charge in [0.05, 0.1) is 6.54 Å². The lowest BCUT2D eigenvalue weighted by molar-refractivity contribution is -0.126. The Kier molecular flexibility index (Phi) is 8.44. The van der Waals surface area contributed by atoms with Crippen molar-refractivity contribution in [2.24, 2.45) is 0 Å². The third-order valence-electron chi connectivity index (χ3n) is 7.23. The van der Waals surface area contributed by atoms with Crippen molar-refractivity contribution in [1.29, 1.82) is 0 Å². The van der Waals surface area contributed by atoms with Crippen LogP contribution in [0.25, 0.3) is 11.4 Å². The van der Waals surface area contributed by atoms with Crippen LogP contribution in [-0.2, 0) is 9.59 Å². The molecule has 9 nitrogen and oxygen atoms in total. The lowest BCUT2D eigenvalue weighted by Crippen LogP contribution is -2.48. The van der Waals surface area contributed by atoms with Crippen LogP contribution in [0.4, 0.5) is 15.8 Å². The number of hydrogen-bond donors (Lipinski definition) is 3.